The molecule has 1 heterocycles. The summed E-state index contributed by atoms with van der Waals surface area (Å²) in [5.41, 5.74) is 3.47. The summed E-state index contributed by atoms with van der Waals surface area (Å²) >= 11 is 7.77. The monoisotopic (exact) mass is 449 g/mol. The number of hydrogen-bond acceptors (Lipinski definition) is 5. The Labute approximate surface area is 190 Å². The smallest absolute Gasteiger partial charge is 0.338 e. The molecular weight excluding hydrogens is 430 g/mol. The molecule has 0 aliphatic heterocycles. The highest BCUT2D eigenvalue weighted by molar-refractivity contribution is 7.98. The standard InChI is InChI=1S/C24H20ClN3O2S/c1-30-23(29)21-13-6-5-10-18(21)16-31-24-27-26-22(14-17-8-3-2-4-9-17)28(24)20-12-7-11-19(25)15-20/h2-13,15H,14,16H2,1H3. The minimum Gasteiger partial charge on any atom is -0.465 e. The Kier molecular flexibility index (Phi) is 6.70. The van der Waals surface area contributed by atoms with E-state index in [-0.39, 0.29) is 5.97 Å². The Hall–Kier alpha value is -3.09. The second-order valence-electron chi connectivity index (χ2n) is 6.81. The molecule has 156 valence electrons. The van der Waals surface area contributed by atoms with Gasteiger partial charge in [-0.3, -0.25) is 4.57 Å². The van der Waals surface area contributed by atoms with Gasteiger partial charge in [-0.25, -0.2) is 4.79 Å². The minimum absolute atomic E-state index is 0.350. The Balaban J connectivity index is 1.67. The third kappa shape index (κ3) is 4.98. The van der Waals surface area contributed by atoms with E-state index in [2.05, 4.69) is 22.3 Å². The van der Waals surface area contributed by atoms with Crippen LogP contribution in [0.3, 0.4) is 0 Å². The maximum absolute atomic E-state index is 12.1. The number of thioether (sulfide) groups is 1. The Morgan fingerprint density at radius 1 is 1.00 bits per heavy atom. The van der Waals surface area contributed by atoms with Gasteiger partial charge < -0.3 is 4.74 Å². The van der Waals surface area contributed by atoms with E-state index in [0.717, 1.165) is 27.8 Å². The molecule has 4 rings (SSSR count). The quantitative estimate of drug-likeness (QED) is 0.272. The Morgan fingerprint density at radius 3 is 2.55 bits per heavy atom. The van der Waals surface area contributed by atoms with Crippen molar-refractivity contribution in [2.75, 3.05) is 7.11 Å². The molecule has 0 amide bonds. The van der Waals surface area contributed by atoms with Crippen molar-refractivity contribution in [3.8, 4) is 5.69 Å². The molecule has 31 heavy (non-hydrogen) atoms. The summed E-state index contributed by atoms with van der Waals surface area (Å²) in [6.07, 6.45) is 0.639. The lowest BCUT2D eigenvalue weighted by Crippen LogP contribution is -2.06. The number of halogens is 1. The molecule has 4 aromatic rings. The van der Waals surface area contributed by atoms with Gasteiger partial charge in [-0.1, -0.05) is 78.0 Å². The van der Waals surface area contributed by atoms with Crippen LogP contribution in [0.1, 0.15) is 27.3 Å². The van der Waals surface area contributed by atoms with Gasteiger partial charge >= 0.3 is 5.97 Å². The first-order valence-electron chi connectivity index (χ1n) is 9.69. The van der Waals surface area contributed by atoms with E-state index >= 15 is 0 Å². The number of benzene rings is 3. The first-order valence-corrected chi connectivity index (χ1v) is 11.0. The topological polar surface area (TPSA) is 57.0 Å². The van der Waals surface area contributed by atoms with E-state index in [1.165, 1.54) is 18.9 Å². The molecule has 0 bridgehead atoms. The number of rotatable bonds is 7. The number of carbonyl (C=O) groups is 1. The number of methoxy groups -OCH3 is 1. The fourth-order valence-electron chi connectivity index (χ4n) is 3.26. The molecule has 0 atom stereocenters. The highest BCUT2D eigenvalue weighted by atomic mass is 35.5. The molecule has 0 N–H and O–H groups in total. The van der Waals surface area contributed by atoms with Crippen LogP contribution >= 0.6 is 23.4 Å². The van der Waals surface area contributed by atoms with Crippen molar-refractivity contribution in [3.05, 3.63) is 106 Å². The second kappa shape index (κ2) is 9.81. The number of ether oxygens (including phenoxy) is 1. The Bertz CT molecular complexity index is 1190. The van der Waals surface area contributed by atoms with E-state index in [9.17, 15) is 4.79 Å². The average molecular weight is 450 g/mol. The van der Waals surface area contributed by atoms with E-state index in [1.54, 1.807) is 6.07 Å². The predicted molar refractivity (Wildman–Crippen MR) is 123 cm³/mol. The number of aromatic nitrogens is 3. The van der Waals surface area contributed by atoms with Crippen molar-refractivity contribution in [2.24, 2.45) is 0 Å². The number of nitrogens with zero attached hydrogens (tertiary/aromatic N) is 3. The fraction of sp³-hybridized carbons (Fsp3) is 0.125. The summed E-state index contributed by atoms with van der Waals surface area (Å²) in [6.45, 7) is 0. The van der Waals surface area contributed by atoms with Crippen LogP contribution in [0.2, 0.25) is 5.02 Å². The zero-order valence-electron chi connectivity index (χ0n) is 16.9. The zero-order chi connectivity index (χ0) is 21.6. The summed E-state index contributed by atoms with van der Waals surface area (Å²) in [5.74, 6) is 1.02. The SMILES string of the molecule is COC(=O)c1ccccc1CSc1nnc(Cc2ccccc2)n1-c1cccc(Cl)c1. The van der Waals surface area contributed by atoms with Crippen LogP contribution in [0.4, 0.5) is 0 Å². The summed E-state index contributed by atoms with van der Waals surface area (Å²) in [6, 6.07) is 25.2. The summed E-state index contributed by atoms with van der Waals surface area (Å²) in [4.78, 5) is 12.1. The molecule has 0 radical (unpaired) electrons. The molecule has 3 aromatic carbocycles. The van der Waals surface area contributed by atoms with Crippen LogP contribution in [0.5, 0.6) is 0 Å². The minimum atomic E-state index is -0.350. The van der Waals surface area contributed by atoms with Crippen LogP contribution in [0.15, 0.2) is 84.0 Å². The molecule has 7 heteroatoms. The average Bonchev–Trinajstić information content (AvgIpc) is 3.20. The van der Waals surface area contributed by atoms with Gasteiger partial charge in [0.1, 0.15) is 5.82 Å². The zero-order valence-corrected chi connectivity index (χ0v) is 18.4. The molecule has 1 aromatic heterocycles. The maximum Gasteiger partial charge on any atom is 0.338 e. The molecule has 0 spiro atoms. The van der Waals surface area contributed by atoms with Crippen molar-refractivity contribution in [1.82, 2.24) is 14.8 Å². The number of carbonyl (C=O) groups excluding carboxylic acids is 1. The number of esters is 1. The maximum atomic E-state index is 12.1. The van der Waals surface area contributed by atoms with Crippen molar-refractivity contribution in [3.63, 3.8) is 0 Å². The third-order valence-corrected chi connectivity index (χ3v) is 5.96. The molecular formula is C24H20ClN3O2S. The van der Waals surface area contributed by atoms with Gasteiger partial charge in [-0.2, -0.15) is 0 Å². The number of hydrogen-bond donors (Lipinski definition) is 0. The molecule has 0 saturated heterocycles. The first kappa shape index (κ1) is 21.2. The molecule has 0 fully saturated rings. The lowest BCUT2D eigenvalue weighted by molar-refractivity contribution is 0.0600. The van der Waals surface area contributed by atoms with Gasteiger partial charge in [-0.15, -0.1) is 10.2 Å². The van der Waals surface area contributed by atoms with E-state index < -0.39 is 0 Å². The van der Waals surface area contributed by atoms with Crippen LogP contribution in [0.25, 0.3) is 5.69 Å². The highest BCUT2D eigenvalue weighted by Crippen LogP contribution is 2.28. The molecule has 0 unspecified atom stereocenters. The van der Waals surface area contributed by atoms with Crippen molar-refractivity contribution < 1.29 is 9.53 Å². The van der Waals surface area contributed by atoms with Gasteiger partial charge in [-0.05, 0) is 35.4 Å². The van der Waals surface area contributed by atoms with E-state index in [4.69, 9.17) is 16.3 Å². The first-order chi connectivity index (χ1) is 15.2. The third-order valence-electron chi connectivity index (χ3n) is 4.75. The van der Waals surface area contributed by atoms with Crippen LogP contribution in [0, 0.1) is 0 Å². The predicted octanol–water partition coefficient (Wildman–Crippen LogP) is 5.59. The summed E-state index contributed by atoms with van der Waals surface area (Å²) in [7, 11) is 1.39. The van der Waals surface area contributed by atoms with Crippen LogP contribution < -0.4 is 0 Å². The summed E-state index contributed by atoms with van der Waals surface area (Å²) in [5, 5.41) is 10.3. The van der Waals surface area contributed by atoms with Gasteiger partial charge in [0.15, 0.2) is 5.16 Å². The van der Waals surface area contributed by atoms with E-state index in [0.29, 0.717) is 22.8 Å². The van der Waals surface area contributed by atoms with Gasteiger partial charge in [0, 0.05) is 17.2 Å². The lowest BCUT2D eigenvalue weighted by atomic mass is 10.1. The fourth-order valence-corrected chi connectivity index (χ4v) is 4.42. The van der Waals surface area contributed by atoms with Crippen molar-refractivity contribution >= 4 is 29.3 Å². The second-order valence-corrected chi connectivity index (χ2v) is 8.19. The molecule has 0 saturated carbocycles. The van der Waals surface area contributed by atoms with E-state index in [1.807, 2.05) is 65.2 Å². The van der Waals surface area contributed by atoms with Gasteiger partial charge in [0.2, 0.25) is 0 Å². The largest absolute Gasteiger partial charge is 0.465 e. The van der Waals surface area contributed by atoms with Crippen LogP contribution in [-0.4, -0.2) is 27.8 Å². The lowest BCUT2D eigenvalue weighted by Gasteiger charge is -2.12. The summed E-state index contributed by atoms with van der Waals surface area (Å²) < 4.78 is 6.93. The molecule has 0 aliphatic rings. The van der Waals surface area contributed by atoms with Gasteiger partial charge in [0.05, 0.1) is 18.4 Å². The molecule has 0 aliphatic carbocycles. The Morgan fingerprint density at radius 2 is 1.77 bits per heavy atom. The van der Waals surface area contributed by atoms with Gasteiger partial charge in [0.25, 0.3) is 0 Å². The molecule has 5 nitrogen and oxygen atoms in total. The van der Waals surface area contributed by atoms with Crippen molar-refractivity contribution in [2.45, 2.75) is 17.3 Å². The van der Waals surface area contributed by atoms with Crippen molar-refractivity contribution in [1.29, 1.82) is 0 Å². The highest BCUT2D eigenvalue weighted by Gasteiger charge is 2.17. The normalized spacial score (nSPS) is 10.8. The van der Waals surface area contributed by atoms with Crippen LogP contribution in [-0.2, 0) is 16.9 Å².